The number of esters is 2. The second-order valence-corrected chi connectivity index (χ2v) is 10.1. The topological polar surface area (TPSA) is 80.3 Å². The molecule has 0 aliphatic carbocycles. The molecule has 4 aromatic rings. The number of rotatable bonds is 11. The van der Waals surface area contributed by atoms with Crippen molar-refractivity contribution in [2.75, 3.05) is 6.61 Å². The van der Waals surface area contributed by atoms with E-state index in [1.165, 1.54) is 0 Å². The Kier molecular flexibility index (Phi) is 10.1. The predicted molar refractivity (Wildman–Crippen MR) is 157 cm³/mol. The van der Waals surface area contributed by atoms with Crippen LogP contribution in [0.4, 0.5) is 0 Å². The summed E-state index contributed by atoms with van der Waals surface area (Å²) in [6, 6.07) is 37.0. The molecule has 7 nitrogen and oxygen atoms in total. The van der Waals surface area contributed by atoms with Crippen LogP contribution >= 0.6 is 0 Å². The highest BCUT2D eigenvalue weighted by Gasteiger charge is 2.48. The summed E-state index contributed by atoms with van der Waals surface area (Å²) in [6.45, 7) is 2.29. The zero-order chi connectivity index (χ0) is 29.1. The lowest BCUT2D eigenvalue weighted by Crippen LogP contribution is -2.61. The van der Waals surface area contributed by atoms with Gasteiger partial charge < -0.3 is 23.7 Å². The van der Waals surface area contributed by atoms with E-state index in [0.717, 1.165) is 11.1 Å². The fourth-order valence-electron chi connectivity index (χ4n) is 4.91. The highest BCUT2D eigenvalue weighted by molar-refractivity contribution is 5.90. The highest BCUT2D eigenvalue weighted by atomic mass is 16.6. The lowest BCUT2D eigenvalue weighted by molar-refractivity contribution is -0.252. The van der Waals surface area contributed by atoms with E-state index in [1.54, 1.807) is 48.5 Å². The van der Waals surface area contributed by atoms with Gasteiger partial charge >= 0.3 is 11.9 Å². The van der Waals surface area contributed by atoms with Crippen LogP contribution in [0.5, 0.6) is 0 Å². The third kappa shape index (κ3) is 7.70. The molecule has 42 heavy (non-hydrogen) atoms. The Balaban J connectivity index is 1.41. The quantitative estimate of drug-likeness (QED) is 0.205. The number of ether oxygens (including phenoxy) is 5. The van der Waals surface area contributed by atoms with Gasteiger partial charge in [0.2, 0.25) is 0 Å². The molecular weight excluding hydrogens is 532 g/mol. The van der Waals surface area contributed by atoms with E-state index in [0.29, 0.717) is 11.1 Å². The van der Waals surface area contributed by atoms with Crippen LogP contribution in [0.3, 0.4) is 0 Å². The van der Waals surface area contributed by atoms with E-state index >= 15 is 0 Å². The van der Waals surface area contributed by atoms with Crippen molar-refractivity contribution in [1.82, 2.24) is 0 Å². The van der Waals surface area contributed by atoms with Crippen LogP contribution in [0, 0.1) is 0 Å². The van der Waals surface area contributed by atoms with Crippen molar-refractivity contribution >= 4 is 11.9 Å². The molecule has 0 spiro atoms. The van der Waals surface area contributed by atoms with E-state index in [4.69, 9.17) is 23.7 Å². The molecule has 5 rings (SSSR count). The minimum atomic E-state index is -0.852. The van der Waals surface area contributed by atoms with Crippen molar-refractivity contribution < 1.29 is 33.3 Å². The summed E-state index contributed by atoms with van der Waals surface area (Å²) in [5.41, 5.74) is 2.75. The highest BCUT2D eigenvalue weighted by Crippen LogP contribution is 2.31. The Bertz CT molecular complexity index is 1400. The molecule has 7 heteroatoms. The number of carbonyl (C=O) groups is 2. The van der Waals surface area contributed by atoms with Crippen molar-refractivity contribution in [3.8, 4) is 0 Å². The molecule has 4 aromatic carbocycles. The molecule has 2 unspecified atom stereocenters. The Hall–Kier alpha value is -4.30. The number of hydrogen-bond donors (Lipinski definition) is 0. The zero-order valence-electron chi connectivity index (χ0n) is 23.4. The van der Waals surface area contributed by atoms with Gasteiger partial charge in [-0.1, -0.05) is 97.1 Å². The smallest absolute Gasteiger partial charge is 0.338 e. The number of benzene rings is 4. The Morgan fingerprint density at radius 3 is 1.57 bits per heavy atom. The summed E-state index contributed by atoms with van der Waals surface area (Å²) in [5.74, 6) is -0.981. The average Bonchev–Trinajstić information content (AvgIpc) is 3.04. The van der Waals surface area contributed by atoms with Crippen LogP contribution in [-0.2, 0) is 36.9 Å². The lowest BCUT2D eigenvalue weighted by Gasteiger charge is -2.44. The summed E-state index contributed by atoms with van der Waals surface area (Å²) >= 11 is 0. The first-order valence-corrected chi connectivity index (χ1v) is 14.0. The molecule has 0 aromatic heterocycles. The van der Waals surface area contributed by atoms with Crippen LogP contribution in [0.15, 0.2) is 121 Å². The summed E-state index contributed by atoms with van der Waals surface area (Å²) in [7, 11) is 0. The first kappa shape index (κ1) is 29.2. The van der Waals surface area contributed by atoms with Gasteiger partial charge in [0, 0.05) is 0 Å². The summed E-state index contributed by atoms with van der Waals surface area (Å²) in [4.78, 5) is 26.2. The average molecular weight is 567 g/mol. The maximum absolute atomic E-state index is 13.4. The van der Waals surface area contributed by atoms with E-state index in [-0.39, 0.29) is 19.8 Å². The maximum atomic E-state index is 13.4. The van der Waals surface area contributed by atoms with Gasteiger partial charge in [0.05, 0.1) is 30.4 Å². The molecule has 1 aliphatic heterocycles. The van der Waals surface area contributed by atoms with E-state index in [2.05, 4.69) is 0 Å². The van der Waals surface area contributed by atoms with Crippen LogP contribution < -0.4 is 0 Å². The van der Waals surface area contributed by atoms with Crippen molar-refractivity contribution in [3.63, 3.8) is 0 Å². The van der Waals surface area contributed by atoms with Gasteiger partial charge in [-0.2, -0.15) is 0 Å². The summed E-state index contributed by atoms with van der Waals surface area (Å²) in [5, 5.41) is 0. The fourth-order valence-corrected chi connectivity index (χ4v) is 4.91. The first-order valence-electron chi connectivity index (χ1n) is 14.0. The van der Waals surface area contributed by atoms with Gasteiger partial charge in [-0.05, 0) is 42.3 Å². The SMILES string of the molecule is C[C@@H]1OC(COC(=O)c2ccccc2)[C@H](OCc2ccccc2)C(OC(=O)c2ccccc2)[C@H]1OCc1ccccc1. The molecule has 0 radical (unpaired) electrons. The predicted octanol–water partition coefficient (Wildman–Crippen LogP) is 6.03. The maximum Gasteiger partial charge on any atom is 0.338 e. The zero-order valence-corrected chi connectivity index (χ0v) is 23.4. The third-order valence-electron chi connectivity index (χ3n) is 7.08. The Morgan fingerprint density at radius 1 is 0.595 bits per heavy atom. The molecule has 1 aliphatic rings. The molecule has 1 heterocycles. The molecule has 1 saturated heterocycles. The van der Waals surface area contributed by atoms with Gasteiger partial charge in [-0.15, -0.1) is 0 Å². The molecule has 0 bridgehead atoms. The van der Waals surface area contributed by atoms with Crippen molar-refractivity contribution in [1.29, 1.82) is 0 Å². The van der Waals surface area contributed by atoms with Crippen LogP contribution in [-0.4, -0.2) is 49.1 Å². The lowest BCUT2D eigenvalue weighted by atomic mass is 9.94. The third-order valence-corrected chi connectivity index (χ3v) is 7.08. The van der Waals surface area contributed by atoms with Crippen LogP contribution in [0.1, 0.15) is 38.8 Å². The van der Waals surface area contributed by atoms with Crippen molar-refractivity contribution in [2.24, 2.45) is 0 Å². The van der Waals surface area contributed by atoms with E-state index in [1.807, 2.05) is 79.7 Å². The first-order chi connectivity index (χ1) is 20.6. The normalized spacial score (nSPS) is 21.8. The standard InChI is InChI=1S/C35H34O7/c1-25-31(38-22-26-14-6-2-7-15-26)33(42-35(37)29-20-12-5-13-21-29)32(39-23-27-16-8-3-9-17-27)30(41-25)24-40-34(36)28-18-10-4-11-19-28/h2-21,25,30-33H,22-24H2,1H3/t25-,30?,31-,32-,33?/m0/s1. The fraction of sp³-hybridized carbons (Fsp3) is 0.257. The van der Waals surface area contributed by atoms with Crippen molar-refractivity contribution in [3.05, 3.63) is 144 Å². The molecular formula is C35H34O7. The minimum Gasteiger partial charge on any atom is -0.459 e. The number of carbonyl (C=O) groups excluding carboxylic acids is 2. The Labute approximate surface area is 246 Å². The van der Waals surface area contributed by atoms with E-state index in [9.17, 15) is 9.59 Å². The van der Waals surface area contributed by atoms with Gasteiger partial charge in [0.15, 0.2) is 6.10 Å². The molecule has 0 amide bonds. The van der Waals surface area contributed by atoms with Crippen LogP contribution in [0.25, 0.3) is 0 Å². The second-order valence-electron chi connectivity index (χ2n) is 10.1. The molecule has 0 saturated carbocycles. The molecule has 5 atom stereocenters. The monoisotopic (exact) mass is 566 g/mol. The van der Waals surface area contributed by atoms with Gasteiger partial charge in [0.25, 0.3) is 0 Å². The number of hydrogen-bond acceptors (Lipinski definition) is 7. The van der Waals surface area contributed by atoms with Gasteiger partial charge in [-0.3, -0.25) is 0 Å². The van der Waals surface area contributed by atoms with Gasteiger partial charge in [0.1, 0.15) is 24.9 Å². The largest absolute Gasteiger partial charge is 0.459 e. The summed E-state index contributed by atoms with van der Waals surface area (Å²) in [6.07, 6.45) is -3.52. The molecule has 216 valence electrons. The van der Waals surface area contributed by atoms with E-state index < -0.39 is 42.5 Å². The molecule has 0 N–H and O–H groups in total. The van der Waals surface area contributed by atoms with Crippen LogP contribution in [0.2, 0.25) is 0 Å². The minimum absolute atomic E-state index is 0.0949. The molecule has 1 fully saturated rings. The second kappa shape index (κ2) is 14.5. The van der Waals surface area contributed by atoms with Crippen molar-refractivity contribution in [2.45, 2.75) is 50.7 Å². The Morgan fingerprint density at radius 2 is 1.05 bits per heavy atom. The summed E-state index contributed by atoms with van der Waals surface area (Å²) < 4.78 is 31.0. The van der Waals surface area contributed by atoms with Gasteiger partial charge in [-0.25, -0.2) is 9.59 Å².